The smallest absolute Gasteiger partial charge is 0.271 e. The summed E-state index contributed by atoms with van der Waals surface area (Å²) in [6.07, 6.45) is 0. The van der Waals surface area contributed by atoms with Crippen LogP contribution in [0.3, 0.4) is 0 Å². The maximum absolute atomic E-state index is 12.9. The lowest BCUT2D eigenvalue weighted by atomic mass is 10.2. The van der Waals surface area contributed by atoms with Gasteiger partial charge in [-0.15, -0.1) is 11.3 Å². The first-order valence-corrected chi connectivity index (χ1v) is 8.64. The van der Waals surface area contributed by atoms with E-state index in [9.17, 15) is 9.18 Å². The zero-order chi connectivity index (χ0) is 17.6. The molecule has 0 fully saturated rings. The molecule has 0 radical (unpaired) electrons. The molecule has 1 N–H and O–H groups in total. The fourth-order valence-corrected chi connectivity index (χ4v) is 2.89. The van der Waals surface area contributed by atoms with Gasteiger partial charge in [-0.3, -0.25) is 4.79 Å². The third kappa shape index (κ3) is 4.87. The Morgan fingerprint density at radius 1 is 1.24 bits per heavy atom. The number of nitrogens with one attached hydrogen (secondary N) is 1. The molecule has 2 aromatic carbocycles. The Labute approximate surface area is 149 Å². The molecule has 25 heavy (non-hydrogen) atoms. The molecule has 0 aliphatic carbocycles. The Kier molecular flexibility index (Phi) is 5.40. The number of aryl methyl sites for hydroxylation is 1. The number of carbonyl (C=O) groups excluding carboxylic acids is 1. The Morgan fingerprint density at radius 3 is 2.80 bits per heavy atom. The highest BCUT2D eigenvalue weighted by Crippen LogP contribution is 2.16. The van der Waals surface area contributed by atoms with E-state index in [2.05, 4.69) is 10.3 Å². The Balaban J connectivity index is 1.53. The molecule has 0 unspecified atom stereocenters. The molecule has 1 amide bonds. The number of nitrogens with zero attached hydrogens (tertiary/aromatic N) is 1. The van der Waals surface area contributed by atoms with Crippen LogP contribution in [0, 0.1) is 12.7 Å². The lowest BCUT2D eigenvalue weighted by Gasteiger charge is -2.05. The van der Waals surface area contributed by atoms with Gasteiger partial charge in [-0.1, -0.05) is 24.3 Å². The number of rotatable bonds is 6. The molecule has 3 rings (SSSR count). The second-order valence-corrected chi connectivity index (χ2v) is 6.48. The molecule has 0 saturated heterocycles. The van der Waals surface area contributed by atoms with Gasteiger partial charge in [-0.05, 0) is 42.3 Å². The summed E-state index contributed by atoms with van der Waals surface area (Å²) in [5, 5.41) is 5.20. The van der Waals surface area contributed by atoms with Gasteiger partial charge in [0, 0.05) is 11.9 Å². The van der Waals surface area contributed by atoms with Crippen molar-refractivity contribution in [1.29, 1.82) is 0 Å². The molecule has 0 saturated carbocycles. The maximum atomic E-state index is 12.9. The van der Waals surface area contributed by atoms with E-state index in [1.807, 2.05) is 31.2 Å². The highest BCUT2D eigenvalue weighted by Gasteiger charge is 2.11. The highest BCUT2D eigenvalue weighted by atomic mass is 32.1. The van der Waals surface area contributed by atoms with Gasteiger partial charge in [-0.2, -0.15) is 0 Å². The summed E-state index contributed by atoms with van der Waals surface area (Å²) in [5.41, 5.74) is 2.31. The van der Waals surface area contributed by atoms with Crippen LogP contribution in [-0.2, 0) is 13.2 Å². The van der Waals surface area contributed by atoms with E-state index in [4.69, 9.17) is 4.74 Å². The number of hydrogen-bond donors (Lipinski definition) is 1. The minimum Gasteiger partial charge on any atom is -0.486 e. The summed E-state index contributed by atoms with van der Waals surface area (Å²) in [7, 11) is 0. The fourth-order valence-electron chi connectivity index (χ4n) is 2.21. The molecule has 0 atom stereocenters. The number of benzene rings is 2. The van der Waals surface area contributed by atoms with Crippen molar-refractivity contribution in [2.75, 3.05) is 0 Å². The molecule has 3 aromatic rings. The second-order valence-electron chi connectivity index (χ2n) is 5.54. The molecule has 0 aliphatic rings. The van der Waals surface area contributed by atoms with Crippen LogP contribution < -0.4 is 10.1 Å². The van der Waals surface area contributed by atoms with Crippen LogP contribution in [0.4, 0.5) is 4.39 Å². The summed E-state index contributed by atoms with van der Waals surface area (Å²) in [4.78, 5) is 16.4. The third-order valence-corrected chi connectivity index (χ3v) is 4.32. The number of carbonyl (C=O) groups is 1. The van der Waals surface area contributed by atoms with E-state index in [0.717, 1.165) is 21.9 Å². The van der Waals surface area contributed by atoms with Gasteiger partial charge in [0.2, 0.25) is 0 Å². The van der Waals surface area contributed by atoms with Crippen LogP contribution in [0.5, 0.6) is 5.75 Å². The van der Waals surface area contributed by atoms with Gasteiger partial charge in [0.05, 0.1) is 0 Å². The monoisotopic (exact) mass is 356 g/mol. The van der Waals surface area contributed by atoms with E-state index >= 15 is 0 Å². The van der Waals surface area contributed by atoms with Gasteiger partial charge in [-0.25, -0.2) is 9.37 Å². The fraction of sp³-hybridized carbons (Fsp3) is 0.158. The number of thiazole rings is 1. The van der Waals surface area contributed by atoms with Gasteiger partial charge < -0.3 is 10.1 Å². The molecule has 6 heteroatoms. The minimum atomic E-state index is -0.298. The lowest BCUT2D eigenvalue weighted by molar-refractivity contribution is 0.0946. The quantitative estimate of drug-likeness (QED) is 0.723. The van der Waals surface area contributed by atoms with Gasteiger partial charge in [0.15, 0.2) is 0 Å². The molecule has 128 valence electrons. The number of aromatic nitrogens is 1. The van der Waals surface area contributed by atoms with Crippen LogP contribution >= 0.6 is 11.3 Å². The second kappa shape index (κ2) is 7.90. The predicted octanol–water partition coefficient (Wildman–Crippen LogP) is 4.10. The predicted molar refractivity (Wildman–Crippen MR) is 95.2 cm³/mol. The summed E-state index contributed by atoms with van der Waals surface area (Å²) >= 11 is 1.38. The van der Waals surface area contributed by atoms with Crippen molar-refractivity contribution in [3.63, 3.8) is 0 Å². The van der Waals surface area contributed by atoms with Crippen LogP contribution in [0.1, 0.15) is 26.6 Å². The molecule has 1 heterocycles. The Hall–Kier alpha value is -2.73. The van der Waals surface area contributed by atoms with Gasteiger partial charge in [0.1, 0.15) is 28.9 Å². The number of amides is 1. The van der Waals surface area contributed by atoms with E-state index in [-0.39, 0.29) is 11.7 Å². The van der Waals surface area contributed by atoms with Gasteiger partial charge in [0.25, 0.3) is 5.91 Å². The summed E-state index contributed by atoms with van der Waals surface area (Å²) in [5.74, 6) is 0.215. The first-order chi connectivity index (χ1) is 12.1. The molecule has 4 nitrogen and oxygen atoms in total. The highest BCUT2D eigenvalue weighted by molar-refractivity contribution is 7.09. The normalized spacial score (nSPS) is 10.5. The average Bonchev–Trinajstić information content (AvgIpc) is 3.08. The van der Waals surface area contributed by atoms with Gasteiger partial charge >= 0.3 is 0 Å². The summed E-state index contributed by atoms with van der Waals surface area (Å²) < 4.78 is 18.5. The first kappa shape index (κ1) is 17.1. The van der Waals surface area contributed by atoms with Crippen molar-refractivity contribution >= 4 is 17.2 Å². The largest absolute Gasteiger partial charge is 0.486 e. The standard InChI is InChI=1S/C19H17FN2O2S/c1-13-3-2-4-16(9-13)24-11-18-22-17(12-25-18)19(23)21-10-14-5-7-15(20)8-6-14/h2-9,12H,10-11H2,1H3,(H,21,23). The van der Waals surface area contributed by atoms with E-state index in [0.29, 0.717) is 18.8 Å². The average molecular weight is 356 g/mol. The zero-order valence-electron chi connectivity index (χ0n) is 13.7. The molecular weight excluding hydrogens is 339 g/mol. The number of ether oxygens (including phenoxy) is 1. The van der Waals surface area contributed by atoms with E-state index < -0.39 is 0 Å². The van der Waals surface area contributed by atoms with Crippen molar-refractivity contribution in [3.8, 4) is 5.75 Å². The molecule has 0 aliphatic heterocycles. The van der Waals surface area contributed by atoms with Crippen LogP contribution in [0.2, 0.25) is 0 Å². The Bertz CT molecular complexity index is 862. The summed E-state index contributed by atoms with van der Waals surface area (Å²) in [6.45, 7) is 2.64. The Morgan fingerprint density at radius 2 is 2.04 bits per heavy atom. The van der Waals surface area contributed by atoms with Crippen LogP contribution in [0.15, 0.2) is 53.9 Å². The first-order valence-electron chi connectivity index (χ1n) is 7.77. The molecular formula is C19H17FN2O2S. The summed E-state index contributed by atoms with van der Waals surface area (Å²) in [6, 6.07) is 13.8. The lowest BCUT2D eigenvalue weighted by Crippen LogP contribution is -2.23. The van der Waals surface area contributed by atoms with Crippen molar-refractivity contribution in [3.05, 3.63) is 81.6 Å². The molecule has 1 aromatic heterocycles. The third-order valence-electron chi connectivity index (χ3n) is 3.50. The van der Waals surface area contributed by atoms with Crippen LogP contribution in [-0.4, -0.2) is 10.9 Å². The van der Waals surface area contributed by atoms with Crippen molar-refractivity contribution in [2.45, 2.75) is 20.1 Å². The number of hydrogen-bond acceptors (Lipinski definition) is 4. The van der Waals surface area contributed by atoms with Crippen molar-refractivity contribution in [2.24, 2.45) is 0 Å². The topological polar surface area (TPSA) is 51.2 Å². The van der Waals surface area contributed by atoms with E-state index in [1.54, 1.807) is 17.5 Å². The molecule has 0 bridgehead atoms. The van der Waals surface area contributed by atoms with Crippen LogP contribution in [0.25, 0.3) is 0 Å². The number of halogens is 1. The van der Waals surface area contributed by atoms with E-state index in [1.165, 1.54) is 23.5 Å². The van der Waals surface area contributed by atoms with Crippen molar-refractivity contribution < 1.29 is 13.9 Å². The minimum absolute atomic E-state index is 0.262. The molecule has 0 spiro atoms. The maximum Gasteiger partial charge on any atom is 0.271 e. The van der Waals surface area contributed by atoms with Crippen molar-refractivity contribution in [1.82, 2.24) is 10.3 Å². The zero-order valence-corrected chi connectivity index (χ0v) is 14.5. The SMILES string of the molecule is Cc1cccc(OCc2nc(C(=O)NCc3ccc(F)cc3)cs2)c1.